The van der Waals surface area contributed by atoms with Crippen LogP contribution in [-0.4, -0.2) is 28.9 Å². The standard InChI is InChI=1S/C16H17N5O2S/c1-8-4-9(2)13(10(3)5-8)18-12(22)7-24-16-19-14-11(6-17-21-14)15(23)20-16/h4-6,14H,7H2,1-3H3,(H,18,22)(H,19,20,23). The summed E-state index contributed by atoms with van der Waals surface area (Å²) < 4.78 is 0. The Hall–Kier alpha value is -2.48. The van der Waals surface area contributed by atoms with E-state index >= 15 is 0 Å². The largest absolute Gasteiger partial charge is 0.325 e. The zero-order chi connectivity index (χ0) is 17.3. The van der Waals surface area contributed by atoms with E-state index in [2.05, 4.69) is 25.9 Å². The molecule has 1 atom stereocenters. The molecule has 2 amide bonds. The van der Waals surface area contributed by atoms with Gasteiger partial charge >= 0.3 is 0 Å². The smallest absolute Gasteiger partial charge is 0.258 e. The minimum atomic E-state index is -0.578. The van der Waals surface area contributed by atoms with Crippen molar-refractivity contribution in [1.29, 1.82) is 0 Å². The number of thioether (sulfide) groups is 1. The summed E-state index contributed by atoms with van der Waals surface area (Å²) in [5.74, 6) is -0.274. The third-order valence-electron chi connectivity index (χ3n) is 3.65. The molecule has 0 bridgehead atoms. The number of fused-ring (bicyclic) bond motifs is 1. The van der Waals surface area contributed by atoms with Gasteiger partial charge in [0.25, 0.3) is 5.91 Å². The molecule has 1 unspecified atom stereocenters. The lowest BCUT2D eigenvalue weighted by Crippen LogP contribution is -2.38. The number of amidine groups is 1. The quantitative estimate of drug-likeness (QED) is 0.882. The number of aryl methyl sites for hydroxylation is 3. The predicted molar refractivity (Wildman–Crippen MR) is 94.0 cm³/mol. The molecule has 8 heteroatoms. The molecule has 2 aliphatic heterocycles. The van der Waals surface area contributed by atoms with Crippen molar-refractivity contribution < 1.29 is 9.59 Å². The number of amides is 2. The fourth-order valence-corrected chi connectivity index (χ4v) is 3.31. The molecule has 2 N–H and O–H groups in total. The molecule has 2 aliphatic rings. The van der Waals surface area contributed by atoms with Crippen molar-refractivity contribution in [2.24, 2.45) is 15.2 Å². The zero-order valence-corrected chi connectivity index (χ0v) is 14.4. The van der Waals surface area contributed by atoms with Crippen LogP contribution in [0.4, 0.5) is 5.69 Å². The molecule has 0 aliphatic carbocycles. The molecule has 3 rings (SSSR count). The minimum absolute atomic E-state index is 0.148. The highest BCUT2D eigenvalue weighted by molar-refractivity contribution is 8.14. The van der Waals surface area contributed by atoms with E-state index in [4.69, 9.17) is 0 Å². The SMILES string of the molecule is Cc1cc(C)c(NC(=O)CSC2=NC3N=NC=C3C(=O)N2)c(C)c1. The molecule has 0 radical (unpaired) electrons. The van der Waals surface area contributed by atoms with Gasteiger partial charge in [0.05, 0.1) is 17.5 Å². The number of benzene rings is 1. The molecule has 2 heterocycles. The van der Waals surface area contributed by atoms with Gasteiger partial charge in [-0.15, -0.1) is 0 Å². The number of carbonyl (C=O) groups excluding carboxylic acids is 2. The van der Waals surface area contributed by atoms with E-state index in [0.29, 0.717) is 10.7 Å². The number of nitrogens with zero attached hydrogens (tertiary/aromatic N) is 3. The third-order valence-corrected chi connectivity index (χ3v) is 4.54. The predicted octanol–water partition coefficient (Wildman–Crippen LogP) is 2.45. The van der Waals surface area contributed by atoms with Crippen LogP contribution >= 0.6 is 11.8 Å². The first-order chi connectivity index (χ1) is 11.4. The van der Waals surface area contributed by atoms with Gasteiger partial charge in [-0.25, -0.2) is 4.99 Å². The van der Waals surface area contributed by atoms with E-state index in [-0.39, 0.29) is 17.6 Å². The normalized spacial score (nSPS) is 18.6. The summed E-state index contributed by atoms with van der Waals surface area (Å²) in [6.45, 7) is 5.95. The second-order valence-corrected chi connectivity index (χ2v) is 6.65. The molecule has 124 valence electrons. The van der Waals surface area contributed by atoms with Crippen molar-refractivity contribution in [3.63, 3.8) is 0 Å². The lowest BCUT2D eigenvalue weighted by atomic mass is 10.1. The van der Waals surface area contributed by atoms with Gasteiger partial charge in [0, 0.05) is 5.69 Å². The van der Waals surface area contributed by atoms with Gasteiger partial charge in [-0.05, 0) is 31.9 Å². The van der Waals surface area contributed by atoms with E-state index in [1.807, 2.05) is 32.9 Å². The van der Waals surface area contributed by atoms with Crippen LogP contribution in [0.1, 0.15) is 16.7 Å². The van der Waals surface area contributed by atoms with Crippen molar-refractivity contribution in [3.8, 4) is 0 Å². The maximum absolute atomic E-state index is 12.2. The van der Waals surface area contributed by atoms with Gasteiger partial charge in [-0.1, -0.05) is 29.5 Å². The summed E-state index contributed by atoms with van der Waals surface area (Å²) in [4.78, 5) is 28.3. The summed E-state index contributed by atoms with van der Waals surface area (Å²) in [5.41, 5.74) is 4.46. The molecule has 0 saturated carbocycles. The average Bonchev–Trinajstić information content (AvgIpc) is 2.98. The lowest BCUT2D eigenvalue weighted by molar-refractivity contribution is -0.116. The lowest BCUT2D eigenvalue weighted by Gasteiger charge is -2.17. The monoisotopic (exact) mass is 343 g/mol. The van der Waals surface area contributed by atoms with E-state index in [0.717, 1.165) is 22.4 Å². The zero-order valence-electron chi connectivity index (χ0n) is 13.6. The van der Waals surface area contributed by atoms with E-state index in [1.165, 1.54) is 18.0 Å². The molecule has 0 fully saturated rings. The first-order valence-corrected chi connectivity index (χ1v) is 8.42. The number of hydrogen-bond acceptors (Lipinski definition) is 6. The second kappa shape index (κ2) is 6.56. The van der Waals surface area contributed by atoms with Crippen molar-refractivity contribution in [2.45, 2.75) is 26.9 Å². The summed E-state index contributed by atoms with van der Waals surface area (Å²) in [5, 5.41) is 13.5. The summed E-state index contributed by atoms with van der Waals surface area (Å²) in [6.07, 6.45) is 0.826. The topological polar surface area (TPSA) is 95.3 Å². The van der Waals surface area contributed by atoms with Gasteiger partial charge in [0.2, 0.25) is 5.91 Å². The Labute approximate surface area is 143 Å². The highest BCUT2D eigenvalue weighted by atomic mass is 32.2. The molecule has 7 nitrogen and oxygen atoms in total. The fourth-order valence-electron chi connectivity index (χ4n) is 2.63. The summed E-state index contributed by atoms with van der Waals surface area (Å²) in [7, 11) is 0. The van der Waals surface area contributed by atoms with Crippen LogP contribution in [0.3, 0.4) is 0 Å². The number of carbonyl (C=O) groups is 2. The number of nitrogens with one attached hydrogen (secondary N) is 2. The number of hydrogen-bond donors (Lipinski definition) is 2. The molecule has 0 spiro atoms. The molecule has 0 aromatic heterocycles. The first-order valence-electron chi connectivity index (χ1n) is 7.43. The van der Waals surface area contributed by atoms with Gasteiger partial charge in [0.15, 0.2) is 11.3 Å². The Kier molecular flexibility index (Phi) is 4.48. The van der Waals surface area contributed by atoms with Gasteiger partial charge in [-0.3, -0.25) is 9.59 Å². The number of aliphatic imine (C=N–C) groups is 1. The van der Waals surface area contributed by atoms with Crippen LogP contribution < -0.4 is 10.6 Å². The molecular formula is C16H17N5O2S. The fraction of sp³-hybridized carbons (Fsp3) is 0.312. The van der Waals surface area contributed by atoms with Crippen LogP contribution in [-0.2, 0) is 9.59 Å². The van der Waals surface area contributed by atoms with Crippen molar-refractivity contribution in [2.75, 3.05) is 11.1 Å². The highest BCUT2D eigenvalue weighted by Crippen LogP contribution is 2.24. The second-order valence-electron chi connectivity index (χ2n) is 5.69. The van der Waals surface area contributed by atoms with Crippen LogP contribution in [0, 0.1) is 20.8 Å². The number of rotatable bonds is 3. The Morgan fingerprint density at radius 3 is 2.71 bits per heavy atom. The maximum atomic E-state index is 12.2. The van der Waals surface area contributed by atoms with E-state index in [9.17, 15) is 9.59 Å². The van der Waals surface area contributed by atoms with E-state index < -0.39 is 6.17 Å². The van der Waals surface area contributed by atoms with E-state index in [1.54, 1.807) is 0 Å². The number of anilines is 1. The summed E-state index contributed by atoms with van der Waals surface area (Å²) in [6, 6.07) is 4.06. The Bertz CT molecular complexity index is 790. The summed E-state index contributed by atoms with van der Waals surface area (Å²) >= 11 is 1.17. The Balaban J connectivity index is 1.62. The Morgan fingerprint density at radius 1 is 1.29 bits per heavy atom. The van der Waals surface area contributed by atoms with Crippen LogP contribution in [0.2, 0.25) is 0 Å². The van der Waals surface area contributed by atoms with Crippen LogP contribution in [0.25, 0.3) is 0 Å². The van der Waals surface area contributed by atoms with Gasteiger partial charge in [0.1, 0.15) is 0 Å². The third kappa shape index (κ3) is 3.38. The molecule has 24 heavy (non-hydrogen) atoms. The Morgan fingerprint density at radius 2 is 2.00 bits per heavy atom. The van der Waals surface area contributed by atoms with Crippen LogP contribution in [0.5, 0.6) is 0 Å². The van der Waals surface area contributed by atoms with Crippen molar-refractivity contribution in [1.82, 2.24) is 5.32 Å². The molecule has 1 aromatic rings. The minimum Gasteiger partial charge on any atom is -0.325 e. The molecular weight excluding hydrogens is 326 g/mol. The highest BCUT2D eigenvalue weighted by Gasteiger charge is 2.29. The first kappa shape index (κ1) is 16.4. The maximum Gasteiger partial charge on any atom is 0.258 e. The average molecular weight is 343 g/mol. The number of azo groups is 1. The van der Waals surface area contributed by atoms with Gasteiger partial charge in [-0.2, -0.15) is 10.2 Å². The van der Waals surface area contributed by atoms with Crippen molar-refractivity contribution >= 4 is 34.4 Å². The van der Waals surface area contributed by atoms with Gasteiger partial charge < -0.3 is 10.6 Å². The molecule has 0 saturated heterocycles. The molecule has 1 aromatic carbocycles. The van der Waals surface area contributed by atoms with Crippen molar-refractivity contribution in [3.05, 3.63) is 40.6 Å². The van der Waals surface area contributed by atoms with Crippen LogP contribution in [0.15, 0.2) is 39.1 Å².